The van der Waals surface area contributed by atoms with Gasteiger partial charge in [-0.1, -0.05) is 143 Å². The van der Waals surface area contributed by atoms with Gasteiger partial charge in [0.25, 0.3) is 0 Å². The van der Waals surface area contributed by atoms with Gasteiger partial charge in [0, 0.05) is 4.47 Å². The number of fused-ring (bicyclic) bond motifs is 16. The number of benzene rings is 6. The van der Waals surface area contributed by atoms with Gasteiger partial charge in [-0.15, -0.1) is 0 Å². The third kappa shape index (κ3) is 2.38. The fourth-order valence-corrected chi connectivity index (χ4v) is 8.57. The standard InChI is InChI=1S/C38H23Br/c39-24-21-22-35-36(23-24)38(31-17-7-3-13-27(31)28-14-4-8-18-32(28)38)34-20-10-9-19-33(34)37(35)29-15-5-1-11-25(29)26-12-2-6-16-30(26)37/h1-23H. The average Bonchev–Trinajstić information content (AvgIpc) is 3.46. The summed E-state index contributed by atoms with van der Waals surface area (Å²) in [6, 6.07) is 52.4. The van der Waals surface area contributed by atoms with E-state index in [4.69, 9.17) is 0 Å². The molecule has 1 heteroatoms. The molecule has 0 amide bonds. The van der Waals surface area contributed by atoms with Crippen molar-refractivity contribution in [3.05, 3.63) is 189 Å². The van der Waals surface area contributed by atoms with Gasteiger partial charge in [-0.2, -0.15) is 0 Å². The molecule has 0 radical (unpaired) electrons. The highest BCUT2D eigenvalue weighted by molar-refractivity contribution is 9.10. The second-order valence-electron chi connectivity index (χ2n) is 10.9. The van der Waals surface area contributed by atoms with Crippen LogP contribution in [0.3, 0.4) is 0 Å². The summed E-state index contributed by atoms with van der Waals surface area (Å²) in [6.07, 6.45) is 0. The fourth-order valence-electron chi connectivity index (χ4n) is 8.21. The van der Waals surface area contributed by atoms with E-state index in [1.807, 2.05) is 0 Å². The summed E-state index contributed by atoms with van der Waals surface area (Å²) in [6.45, 7) is 0. The van der Waals surface area contributed by atoms with Crippen LogP contribution in [-0.2, 0) is 10.8 Å². The molecule has 0 fully saturated rings. The van der Waals surface area contributed by atoms with Crippen LogP contribution in [-0.4, -0.2) is 0 Å². The minimum atomic E-state index is -0.402. The Morgan fingerprint density at radius 3 is 1.03 bits per heavy atom. The molecule has 9 rings (SSSR count). The van der Waals surface area contributed by atoms with Gasteiger partial charge in [-0.25, -0.2) is 0 Å². The van der Waals surface area contributed by atoms with E-state index >= 15 is 0 Å². The average molecular weight is 560 g/mol. The largest absolute Gasteiger partial charge is 0.0720 e. The molecule has 182 valence electrons. The van der Waals surface area contributed by atoms with E-state index in [0.717, 1.165) is 4.47 Å². The molecule has 3 aliphatic rings. The molecule has 0 heterocycles. The smallest absolute Gasteiger partial charge is 0.0619 e. The molecule has 0 aromatic heterocycles. The lowest BCUT2D eigenvalue weighted by atomic mass is 9.52. The molecule has 0 unspecified atom stereocenters. The highest BCUT2D eigenvalue weighted by atomic mass is 79.9. The van der Waals surface area contributed by atoms with Crippen molar-refractivity contribution in [2.75, 3.05) is 0 Å². The van der Waals surface area contributed by atoms with Crippen molar-refractivity contribution in [2.24, 2.45) is 0 Å². The topological polar surface area (TPSA) is 0 Å². The zero-order valence-electron chi connectivity index (χ0n) is 21.2. The van der Waals surface area contributed by atoms with Crippen molar-refractivity contribution < 1.29 is 0 Å². The SMILES string of the molecule is Brc1ccc2c(c1)C1(c3ccccc3-c3ccccc31)c1ccccc1C21c2ccccc2-c2ccccc21. The van der Waals surface area contributed by atoms with Crippen molar-refractivity contribution in [3.8, 4) is 22.3 Å². The number of rotatable bonds is 0. The highest BCUT2D eigenvalue weighted by Crippen LogP contribution is 2.67. The van der Waals surface area contributed by atoms with Crippen LogP contribution >= 0.6 is 15.9 Å². The summed E-state index contributed by atoms with van der Waals surface area (Å²) in [7, 11) is 0. The van der Waals surface area contributed by atoms with Gasteiger partial charge in [-0.3, -0.25) is 0 Å². The lowest BCUT2D eigenvalue weighted by Gasteiger charge is -2.49. The van der Waals surface area contributed by atoms with Crippen LogP contribution in [0.4, 0.5) is 0 Å². The second kappa shape index (κ2) is 7.46. The van der Waals surface area contributed by atoms with Gasteiger partial charge in [0.2, 0.25) is 0 Å². The van der Waals surface area contributed by atoms with E-state index < -0.39 is 10.8 Å². The maximum atomic E-state index is 3.90. The summed E-state index contributed by atoms with van der Waals surface area (Å²) in [4.78, 5) is 0. The predicted octanol–water partition coefficient (Wildman–Crippen LogP) is 9.49. The number of halogens is 1. The van der Waals surface area contributed by atoms with Crippen LogP contribution in [0.5, 0.6) is 0 Å². The van der Waals surface area contributed by atoms with Crippen LogP contribution in [0, 0.1) is 0 Å². The van der Waals surface area contributed by atoms with Gasteiger partial charge < -0.3 is 0 Å². The van der Waals surface area contributed by atoms with Crippen LogP contribution in [0.25, 0.3) is 22.3 Å². The van der Waals surface area contributed by atoms with Crippen molar-refractivity contribution in [1.82, 2.24) is 0 Å². The molecule has 39 heavy (non-hydrogen) atoms. The Labute approximate surface area is 236 Å². The third-order valence-electron chi connectivity index (χ3n) is 9.43. The van der Waals surface area contributed by atoms with Gasteiger partial charge in [0.15, 0.2) is 0 Å². The molecule has 0 N–H and O–H groups in total. The zero-order chi connectivity index (χ0) is 25.8. The Morgan fingerprint density at radius 1 is 0.308 bits per heavy atom. The van der Waals surface area contributed by atoms with E-state index in [2.05, 4.69) is 155 Å². The van der Waals surface area contributed by atoms with Crippen molar-refractivity contribution in [1.29, 1.82) is 0 Å². The first-order chi connectivity index (χ1) is 19.3. The van der Waals surface area contributed by atoms with E-state index in [1.54, 1.807) is 0 Å². The monoisotopic (exact) mass is 558 g/mol. The first-order valence-electron chi connectivity index (χ1n) is 13.6. The molecule has 0 aliphatic heterocycles. The van der Waals surface area contributed by atoms with Gasteiger partial charge in [0.1, 0.15) is 0 Å². The quantitative estimate of drug-likeness (QED) is 0.174. The third-order valence-corrected chi connectivity index (χ3v) is 9.92. The minimum absolute atomic E-state index is 0.391. The molecule has 0 saturated carbocycles. The Morgan fingerprint density at radius 2 is 0.615 bits per heavy atom. The zero-order valence-corrected chi connectivity index (χ0v) is 22.7. The summed E-state index contributed by atoms with van der Waals surface area (Å²) >= 11 is 3.90. The van der Waals surface area contributed by atoms with E-state index in [9.17, 15) is 0 Å². The molecule has 3 aliphatic carbocycles. The molecule has 0 atom stereocenters. The molecule has 6 aromatic carbocycles. The normalized spacial score (nSPS) is 15.7. The van der Waals surface area contributed by atoms with E-state index in [-0.39, 0.29) is 0 Å². The van der Waals surface area contributed by atoms with Crippen LogP contribution in [0.15, 0.2) is 144 Å². The number of hydrogen-bond acceptors (Lipinski definition) is 0. The fraction of sp³-hybridized carbons (Fsp3) is 0.0526. The van der Waals surface area contributed by atoms with Gasteiger partial charge >= 0.3 is 0 Å². The first-order valence-corrected chi connectivity index (χ1v) is 14.4. The Hall–Kier alpha value is -4.20. The molecule has 2 spiro atoms. The van der Waals surface area contributed by atoms with Crippen LogP contribution < -0.4 is 0 Å². The predicted molar refractivity (Wildman–Crippen MR) is 162 cm³/mol. The molecular formula is C38H23Br. The maximum absolute atomic E-state index is 3.90. The van der Waals surface area contributed by atoms with Crippen LogP contribution in [0.2, 0.25) is 0 Å². The molecule has 0 nitrogen and oxygen atoms in total. The summed E-state index contributed by atoms with van der Waals surface area (Å²) < 4.78 is 1.11. The summed E-state index contributed by atoms with van der Waals surface area (Å²) in [5, 5.41) is 0. The summed E-state index contributed by atoms with van der Waals surface area (Å²) in [5.74, 6) is 0. The lowest BCUT2D eigenvalue weighted by Crippen LogP contribution is -2.43. The molecular weight excluding hydrogens is 536 g/mol. The Balaban J connectivity index is 1.55. The van der Waals surface area contributed by atoms with Crippen molar-refractivity contribution in [2.45, 2.75) is 10.8 Å². The van der Waals surface area contributed by atoms with Gasteiger partial charge in [0.05, 0.1) is 10.8 Å². The summed E-state index contributed by atoms with van der Waals surface area (Å²) in [5.41, 5.74) is 15.5. The van der Waals surface area contributed by atoms with E-state index in [0.29, 0.717) is 0 Å². The van der Waals surface area contributed by atoms with Crippen molar-refractivity contribution >= 4 is 15.9 Å². The molecule has 6 aromatic rings. The highest BCUT2D eigenvalue weighted by Gasteiger charge is 2.58. The van der Waals surface area contributed by atoms with Crippen molar-refractivity contribution in [3.63, 3.8) is 0 Å². The Bertz CT molecular complexity index is 1900. The van der Waals surface area contributed by atoms with Crippen LogP contribution in [0.1, 0.15) is 44.5 Å². The maximum Gasteiger partial charge on any atom is 0.0720 e. The minimum Gasteiger partial charge on any atom is -0.0619 e. The van der Waals surface area contributed by atoms with Gasteiger partial charge in [-0.05, 0) is 78.9 Å². The Kier molecular flexibility index (Phi) is 4.15. The lowest BCUT2D eigenvalue weighted by molar-refractivity contribution is 0.632. The first kappa shape index (κ1) is 21.7. The second-order valence-corrected chi connectivity index (χ2v) is 11.8. The molecule has 0 bridgehead atoms. The van der Waals surface area contributed by atoms with E-state index in [1.165, 1.54) is 66.8 Å². The molecule has 0 saturated heterocycles. The number of hydrogen-bond donors (Lipinski definition) is 0.